The van der Waals surface area contributed by atoms with E-state index in [1.165, 1.54) is 24.3 Å². The van der Waals surface area contributed by atoms with Gasteiger partial charge in [0.2, 0.25) is 0 Å². The van der Waals surface area contributed by atoms with Gasteiger partial charge < -0.3 is 4.74 Å². The Kier molecular flexibility index (Phi) is 6.09. The maximum Gasteiger partial charge on any atom is 0.338 e. The highest BCUT2D eigenvalue weighted by molar-refractivity contribution is 6.00. The molecule has 0 amide bonds. The molecular formula is C29H19FN2O3. The first kappa shape index (κ1) is 22.1. The maximum atomic E-state index is 13.1. The van der Waals surface area contributed by atoms with Gasteiger partial charge in [-0.15, -0.1) is 0 Å². The topological polar surface area (TPSA) is 69.2 Å². The molecule has 0 aliphatic heterocycles. The van der Waals surface area contributed by atoms with Crippen LogP contribution in [0.2, 0.25) is 0 Å². The largest absolute Gasteiger partial charge is 0.454 e. The number of rotatable bonds is 6. The molecule has 0 radical (unpaired) electrons. The molecule has 35 heavy (non-hydrogen) atoms. The van der Waals surface area contributed by atoms with E-state index in [-0.39, 0.29) is 11.1 Å². The van der Waals surface area contributed by atoms with Gasteiger partial charge in [-0.05, 0) is 42.5 Å². The minimum Gasteiger partial charge on any atom is -0.454 e. The fourth-order valence-corrected chi connectivity index (χ4v) is 3.71. The van der Waals surface area contributed by atoms with E-state index in [1.807, 2.05) is 60.7 Å². The van der Waals surface area contributed by atoms with Crippen LogP contribution in [0.15, 0.2) is 103 Å². The number of aromatic nitrogens is 2. The van der Waals surface area contributed by atoms with Gasteiger partial charge >= 0.3 is 5.97 Å². The van der Waals surface area contributed by atoms with E-state index < -0.39 is 24.2 Å². The summed E-state index contributed by atoms with van der Waals surface area (Å²) in [6, 6.07) is 29.5. The van der Waals surface area contributed by atoms with Gasteiger partial charge in [0.05, 0.1) is 28.0 Å². The third kappa shape index (κ3) is 4.82. The first-order valence-corrected chi connectivity index (χ1v) is 11.0. The highest BCUT2D eigenvalue weighted by atomic mass is 19.1. The van der Waals surface area contributed by atoms with Crippen molar-refractivity contribution >= 4 is 22.8 Å². The zero-order valence-electron chi connectivity index (χ0n) is 18.5. The van der Waals surface area contributed by atoms with Crippen molar-refractivity contribution in [2.24, 2.45) is 0 Å². The highest BCUT2D eigenvalue weighted by Crippen LogP contribution is 2.31. The van der Waals surface area contributed by atoms with Crippen LogP contribution < -0.4 is 0 Å². The smallest absolute Gasteiger partial charge is 0.338 e. The molecule has 0 N–H and O–H groups in total. The Hall–Kier alpha value is -4.71. The number of esters is 1. The van der Waals surface area contributed by atoms with Crippen molar-refractivity contribution in [2.45, 2.75) is 0 Å². The summed E-state index contributed by atoms with van der Waals surface area (Å²) >= 11 is 0. The predicted molar refractivity (Wildman–Crippen MR) is 131 cm³/mol. The van der Waals surface area contributed by atoms with Crippen LogP contribution in [0.4, 0.5) is 4.39 Å². The van der Waals surface area contributed by atoms with Crippen LogP contribution in [0.1, 0.15) is 20.7 Å². The summed E-state index contributed by atoms with van der Waals surface area (Å²) in [6.07, 6.45) is 0. The summed E-state index contributed by atoms with van der Waals surface area (Å²) in [4.78, 5) is 34.6. The molecule has 4 aromatic carbocycles. The lowest BCUT2D eigenvalue weighted by Gasteiger charge is -2.11. The number of nitrogens with zero attached hydrogens (tertiary/aromatic N) is 2. The van der Waals surface area contributed by atoms with Gasteiger partial charge in [0.1, 0.15) is 5.82 Å². The number of hydrogen-bond acceptors (Lipinski definition) is 5. The molecule has 5 rings (SSSR count). The van der Waals surface area contributed by atoms with Crippen molar-refractivity contribution < 1.29 is 18.7 Å². The molecule has 0 aliphatic rings. The average Bonchev–Trinajstić information content (AvgIpc) is 2.92. The van der Waals surface area contributed by atoms with Crippen LogP contribution in [0.3, 0.4) is 0 Å². The lowest BCUT2D eigenvalue weighted by atomic mass is 10.0. The molecule has 0 unspecified atom stereocenters. The molecule has 1 heterocycles. The Morgan fingerprint density at radius 2 is 1.20 bits per heavy atom. The minimum atomic E-state index is -0.655. The standard InChI is InChI=1S/C29H19FN2O3/c30-23-14-11-19(12-15-23)26(33)18-35-29(34)22-13-16-24-25(17-22)32-28(21-9-5-2-6-10-21)27(31-24)20-7-3-1-4-8-20/h1-17H,18H2. The number of carbonyl (C=O) groups is 2. The van der Waals surface area contributed by atoms with Crippen LogP contribution in [0, 0.1) is 5.82 Å². The van der Waals surface area contributed by atoms with Crippen molar-refractivity contribution in [1.82, 2.24) is 9.97 Å². The second kappa shape index (κ2) is 9.65. The molecule has 0 atom stereocenters. The van der Waals surface area contributed by atoms with E-state index in [9.17, 15) is 14.0 Å². The Labute approximate surface area is 200 Å². The van der Waals surface area contributed by atoms with E-state index in [0.29, 0.717) is 16.7 Å². The molecule has 5 aromatic rings. The maximum absolute atomic E-state index is 13.1. The summed E-state index contributed by atoms with van der Waals surface area (Å²) in [6.45, 7) is -0.448. The Balaban J connectivity index is 1.46. The van der Waals surface area contributed by atoms with Crippen LogP contribution in [0.25, 0.3) is 33.5 Å². The van der Waals surface area contributed by atoms with Crippen molar-refractivity contribution in [2.75, 3.05) is 6.61 Å². The van der Waals surface area contributed by atoms with E-state index >= 15 is 0 Å². The lowest BCUT2D eigenvalue weighted by molar-refractivity contribution is 0.0475. The van der Waals surface area contributed by atoms with Gasteiger partial charge in [-0.1, -0.05) is 60.7 Å². The van der Waals surface area contributed by atoms with E-state index in [1.54, 1.807) is 18.2 Å². The first-order chi connectivity index (χ1) is 17.1. The van der Waals surface area contributed by atoms with Gasteiger partial charge in [-0.3, -0.25) is 4.79 Å². The quantitative estimate of drug-likeness (QED) is 0.224. The molecule has 0 aliphatic carbocycles. The molecule has 0 saturated carbocycles. The zero-order chi connectivity index (χ0) is 24.2. The van der Waals surface area contributed by atoms with Gasteiger partial charge in [0, 0.05) is 16.7 Å². The number of benzene rings is 4. The Bertz CT molecular complexity index is 1520. The molecular weight excluding hydrogens is 443 g/mol. The highest BCUT2D eigenvalue weighted by Gasteiger charge is 2.16. The van der Waals surface area contributed by atoms with Crippen molar-refractivity contribution in [3.05, 3.63) is 120 Å². The molecule has 0 bridgehead atoms. The van der Waals surface area contributed by atoms with Crippen LogP contribution in [-0.2, 0) is 4.74 Å². The molecule has 0 fully saturated rings. The van der Waals surface area contributed by atoms with E-state index in [0.717, 1.165) is 16.8 Å². The fraction of sp³-hybridized carbons (Fsp3) is 0.0345. The van der Waals surface area contributed by atoms with Crippen molar-refractivity contribution in [1.29, 1.82) is 0 Å². The predicted octanol–water partition coefficient (Wildman–Crippen LogP) is 6.14. The Morgan fingerprint density at radius 3 is 1.80 bits per heavy atom. The molecule has 1 aromatic heterocycles. The van der Waals surface area contributed by atoms with Gasteiger partial charge in [-0.2, -0.15) is 0 Å². The third-order valence-electron chi connectivity index (χ3n) is 5.49. The second-order valence-electron chi connectivity index (χ2n) is 7.86. The third-order valence-corrected chi connectivity index (χ3v) is 5.49. The number of ether oxygens (including phenoxy) is 1. The number of fused-ring (bicyclic) bond motifs is 1. The van der Waals surface area contributed by atoms with E-state index in [4.69, 9.17) is 14.7 Å². The summed E-state index contributed by atoms with van der Waals surface area (Å²) in [5, 5.41) is 0. The van der Waals surface area contributed by atoms with Crippen LogP contribution >= 0.6 is 0 Å². The summed E-state index contributed by atoms with van der Waals surface area (Å²) in [5.41, 5.74) is 4.95. The normalized spacial score (nSPS) is 10.8. The van der Waals surface area contributed by atoms with Crippen LogP contribution in [0.5, 0.6) is 0 Å². The van der Waals surface area contributed by atoms with Gasteiger partial charge in [0.15, 0.2) is 12.4 Å². The number of halogens is 1. The van der Waals surface area contributed by atoms with Crippen molar-refractivity contribution in [3.63, 3.8) is 0 Å². The first-order valence-electron chi connectivity index (χ1n) is 11.0. The van der Waals surface area contributed by atoms with Gasteiger partial charge in [0.25, 0.3) is 0 Å². The number of ketones is 1. The molecule has 6 heteroatoms. The van der Waals surface area contributed by atoms with E-state index in [2.05, 4.69) is 0 Å². The second-order valence-corrected chi connectivity index (χ2v) is 7.86. The molecule has 170 valence electrons. The minimum absolute atomic E-state index is 0.255. The van der Waals surface area contributed by atoms with Gasteiger partial charge in [-0.25, -0.2) is 19.2 Å². The fourth-order valence-electron chi connectivity index (χ4n) is 3.71. The summed E-state index contributed by atoms with van der Waals surface area (Å²) in [5.74, 6) is -1.52. The Morgan fingerprint density at radius 1 is 0.657 bits per heavy atom. The average molecular weight is 462 g/mol. The number of hydrogen-bond donors (Lipinski definition) is 0. The molecule has 0 spiro atoms. The summed E-state index contributed by atoms with van der Waals surface area (Å²) < 4.78 is 18.3. The number of Topliss-reactive ketones (excluding diaryl/α,β-unsaturated/α-hetero) is 1. The number of carbonyl (C=O) groups excluding carboxylic acids is 2. The van der Waals surface area contributed by atoms with Crippen LogP contribution in [-0.4, -0.2) is 28.3 Å². The SMILES string of the molecule is O=C(COC(=O)c1ccc2nc(-c3ccccc3)c(-c3ccccc3)nc2c1)c1ccc(F)cc1. The summed E-state index contributed by atoms with van der Waals surface area (Å²) in [7, 11) is 0. The molecule has 0 saturated heterocycles. The van der Waals surface area contributed by atoms with Crippen molar-refractivity contribution in [3.8, 4) is 22.5 Å². The lowest BCUT2D eigenvalue weighted by Crippen LogP contribution is -2.14. The molecule has 5 nitrogen and oxygen atoms in total. The zero-order valence-corrected chi connectivity index (χ0v) is 18.5. The monoisotopic (exact) mass is 462 g/mol.